The van der Waals surface area contributed by atoms with E-state index in [0.717, 1.165) is 84.3 Å². The van der Waals surface area contributed by atoms with Crippen molar-refractivity contribution in [3.05, 3.63) is 360 Å². The summed E-state index contributed by atoms with van der Waals surface area (Å²) in [5.41, 5.74) is 15.3. The third-order valence-corrected chi connectivity index (χ3v) is 26.9. The molecule has 3 radical (unpaired) electrons. The zero-order valence-electron chi connectivity index (χ0n) is 77.0. The minimum absolute atomic E-state index is 0. The Morgan fingerprint density at radius 2 is 0.846 bits per heavy atom. The molecule has 136 heavy (non-hydrogen) atoms. The van der Waals surface area contributed by atoms with Crippen molar-refractivity contribution in [2.24, 2.45) is 11.8 Å². The number of hydrogen-bond donors (Lipinski definition) is 1. The maximum absolute atomic E-state index is 11.4. The number of nitrogens with zero attached hydrogens (tertiary/aromatic N) is 13. The van der Waals surface area contributed by atoms with Gasteiger partial charge in [-0.05, 0) is 158 Å². The number of aromatic nitrogens is 13. The van der Waals surface area contributed by atoms with Crippen molar-refractivity contribution in [2.75, 3.05) is 6.61 Å². The van der Waals surface area contributed by atoms with E-state index in [1.54, 1.807) is 29.6 Å². The second kappa shape index (κ2) is 43.2. The molecule has 22 rings (SSSR count). The topological polar surface area (TPSA) is 214 Å². The molecule has 21 aromatic rings. The summed E-state index contributed by atoms with van der Waals surface area (Å²) in [6.07, 6.45) is 2.86. The van der Waals surface area contributed by atoms with E-state index in [-0.39, 0.29) is 89.1 Å². The fourth-order valence-electron chi connectivity index (χ4n) is 17.3. The van der Waals surface area contributed by atoms with Crippen molar-refractivity contribution in [1.29, 1.82) is 0 Å². The number of rotatable bonds is 16. The quantitative estimate of drug-likeness (QED) is 0.0412. The van der Waals surface area contributed by atoms with Crippen LogP contribution in [0.2, 0.25) is 0 Å². The van der Waals surface area contributed by atoms with Gasteiger partial charge in [0.2, 0.25) is 17.5 Å². The van der Waals surface area contributed by atoms with Gasteiger partial charge in [-0.2, -0.15) is 41.9 Å². The summed E-state index contributed by atoms with van der Waals surface area (Å²) < 4.78 is 8.11. The molecule has 0 fully saturated rings. The Hall–Kier alpha value is -13.3. The normalized spacial score (nSPS) is 11.9. The van der Waals surface area contributed by atoms with Crippen molar-refractivity contribution >= 4 is 113 Å². The van der Waals surface area contributed by atoms with Crippen molar-refractivity contribution in [1.82, 2.24) is 66.2 Å². The first kappa shape index (κ1) is 97.3. The number of ketones is 1. The first-order chi connectivity index (χ1) is 64.8. The molecule has 0 amide bonds. The van der Waals surface area contributed by atoms with Crippen molar-refractivity contribution < 1.29 is 75.0 Å². The Balaban J connectivity index is 0.000000135. The number of aliphatic hydroxyl groups is 1. The van der Waals surface area contributed by atoms with E-state index in [4.69, 9.17) is 4.74 Å². The molecular formula is C115H95Ir3N13O3S2-4. The van der Waals surface area contributed by atoms with E-state index in [1.807, 2.05) is 131 Å². The first-order valence-corrected chi connectivity index (χ1v) is 46.5. The number of hydrogen-bond acceptors (Lipinski definition) is 18. The molecule has 21 heteroatoms. The second-order valence-electron chi connectivity index (χ2n) is 34.6. The molecule has 0 aliphatic heterocycles. The maximum Gasteiger partial charge on any atom is 0.203 e. The predicted molar refractivity (Wildman–Crippen MR) is 543 cm³/mol. The SMILES string of the molecule is CC(C(=O)C(C)C)=C(O)C(C)C.CC(C)c1cc2cc[c-]c(-c3nnc(-c4cccc5cc(C(C)C)sc45)nn3)c2s1.CCCOc1ccc(-c2cccc3c2C(C)(C)c2c(-c4ccccn4)[c-]ccc2-3)cc1.[Ir].[Ir].[Ir].[c-]1cc2c3ccccc3c3ccccc3c2cc1-c1nnc(-c2ccc3c4ccccc4c4ccccc4c3c2)nn1.[c-]1ccccc1-c1nnc(-c2ccccc2)nn1. The monoisotopic (exact) mass is 2350 g/mol. The van der Waals surface area contributed by atoms with Crippen LogP contribution in [0.4, 0.5) is 0 Å². The third kappa shape index (κ3) is 20.2. The van der Waals surface area contributed by atoms with Gasteiger partial charge in [0.1, 0.15) is 29.0 Å². The molecule has 0 saturated heterocycles. The summed E-state index contributed by atoms with van der Waals surface area (Å²) in [6.45, 7) is 25.4. The fourth-order valence-corrected chi connectivity index (χ4v) is 19.7. The molecule has 0 atom stereocenters. The zero-order chi connectivity index (χ0) is 92.0. The summed E-state index contributed by atoms with van der Waals surface area (Å²) in [4.78, 5) is 18.7. The van der Waals surface area contributed by atoms with Crippen LogP contribution in [0.1, 0.15) is 122 Å². The van der Waals surface area contributed by atoms with Gasteiger partial charge in [-0.25, -0.2) is 0 Å². The molecule has 6 aromatic heterocycles. The summed E-state index contributed by atoms with van der Waals surface area (Å²) in [7, 11) is 0. The van der Waals surface area contributed by atoms with Crippen LogP contribution in [0.15, 0.2) is 315 Å². The second-order valence-corrected chi connectivity index (χ2v) is 36.8. The van der Waals surface area contributed by atoms with Crippen LogP contribution in [-0.2, 0) is 70.5 Å². The molecule has 15 aromatic carbocycles. The number of carbonyl (C=O) groups excluding carboxylic acids is 1. The average Bonchev–Trinajstić information content (AvgIpc) is 1.53. The van der Waals surface area contributed by atoms with Crippen LogP contribution in [0.3, 0.4) is 0 Å². The molecule has 681 valence electrons. The standard InChI is InChI=1S/C38H21N4.C29H26NO.C24H21N4S2.C14H9N4.C10H18O2.3Ir/c1-3-13-29-25(9-1)27-11-5-7-15-31(27)35-21-23(17-19-33(29)35)37-39-41-38(42-40-37)24-18-20-34-30-14-4-2-10-26(30)28-12-6-8-16-32(28)36(34)22-24;1-4-19-31-21-16-14-20(15-17-21)22-9-7-10-23-24-11-8-12-25(26-13-5-6-18-30-26)28(24)29(2,3)27(22)23;1-13(2)19-11-15-7-5-9-17(21(15)29-19)23-25-27-24(28-26-23)18-10-6-8-16-12-20(14(3)4)30-22(16)18;1-3-7-11(8-4-1)13-15-17-14(18-16-13)12-9-5-2-6-10-12;1-6(2)9(11)8(5)10(12)7(3)4;;;/h1-17,19-22H;5-11,13-18H,4,19H2,1-3H3;5-9,11-14H,1-4H3;1-9H;6-7,11H,1-5H3;;;/q4*-1;;;;. The number of pyridine rings is 1. The largest absolute Gasteiger partial charge is 0.512 e. The van der Waals surface area contributed by atoms with E-state index >= 15 is 0 Å². The fraction of sp³-hybridized carbons (Fsp3) is 0.165. The molecule has 1 aliphatic rings. The van der Waals surface area contributed by atoms with Crippen LogP contribution in [0.25, 0.3) is 187 Å². The minimum Gasteiger partial charge on any atom is -0.512 e. The van der Waals surface area contributed by atoms with Gasteiger partial charge < -0.3 is 14.8 Å². The number of ether oxygens (including phenoxy) is 1. The van der Waals surface area contributed by atoms with Crippen LogP contribution in [-0.4, -0.2) is 83.7 Å². The summed E-state index contributed by atoms with van der Waals surface area (Å²) in [5.74, 6) is 5.17. The van der Waals surface area contributed by atoms with E-state index in [9.17, 15) is 9.90 Å². The number of carbonyl (C=O) groups is 1. The summed E-state index contributed by atoms with van der Waals surface area (Å²) in [5, 5.41) is 78.5. The molecule has 1 N–H and O–H groups in total. The van der Waals surface area contributed by atoms with Gasteiger partial charge in [0.25, 0.3) is 0 Å². The molecule has 0 spiro atoms. The molecule has 6 heterocycles. The van der Waals surface area contributed by atoms with Gasteiger partial charge in [0.05, 0.1) is 6.61 Å². The molecular weight excluding hydrogens is 2250 g/mol. The third-order valence-electron chi connectivity index (χ3n) is 24.0. The van der Waals surface area contributed by atoms with E-state index in [2.05, 4.69) is 339 Å². The smallest absolute Gasteiger partial charge is 0.203 e. The van der Waals surface area contributed by atoms with Crippen molar-refractivity contribution in [3.63, 3.8) is 0 Å². The van der Waals surface area contributed by atoms with Gasteiger partial charge in [-0.1, -0.05) is 309 Å². The van der Waals surface area contributed by atoms with E-state index < -0.39 is 0 Å². The van der Waals surface area contributed by atoms with Crippen LogP contribution < -0.4 is 4.74 Å². The first-order valence-electron chi connectivity index (χ1n) is 44.8. The summed E-state index contributed by atoms with van der Waals surface area (Å²) in [6, 6.07) is 115. The number of fused-ring (bicyclic) bond motifs is 17. The Morgan fingerprint density at radius 1 is 0.375 bits per heavy atom. The average molecular weight is 2350 g/mol. The predicted octanol–water partition coefficient (Wildman–Crippen LogP) is 28.8. The molecule has 0 bridgehead atoms. The molecule has 0 unspecified atom stereocenters. The summed E-state index contributed by atoms with van der Waals surface area (Å²) >= 11 is 3.56. The Kier molecular flexibility index (Phi) is 30.9. The van der Waals surface area contributed by atoms with Crippen molar-refractivity contribution in [2.45, 2.75) is 107 Å². The van der Waals surface area contributed by atoms with Gasteiger partial charge in [0.15, 0.2) is 5.78 Å². The van der Waals surface area contributed by atoms with E-state index in [0.29, 0.717) is 52.4 Å². The van der Waals surface area contributed by atoms with Crippen LogP contribution in [0, 0.1) is 36.1 Å². The number of Topliss-reactive ketones (excluding diaryl/α,β-unsaturated/α-hetero) is 1. The maximum atomic E-state index is 11.4. The number of benzene rings is 15. The molecule has 1 aliphatic carbocycles. The zero-order valence-corrected chi connectivity index (χ0v) is 85.8. The Morgan fingerprint density at radius 3 is 1.41 bits per heavy atom. The molecule has 0 saturated carbocycles. The van der Waals surface area contributed by atoms with Gasteiger partial charge in [-0.15, -0.1) is 149 Å². The molecule has 16 nitrogen and oxygen atoms in total. The number of thiophene rings is 2. The number of aliphatic hydroxyl groups excluding tert-OH is 1. The van der Waals surface area contributed by atoms with Crippen LogP contribution in [0.5, 0.6) is 5.75 Å². The van der Waals surface area contributed by atoms with Gasteiger partial charge in [-0.3, -0.25) is 4.79 Å². The van der Waals surface area contributed by atoms with Gasteiger partial charge >= 0.3 is 0 Å². The van der Waals surface area contributed by atoms with Crippen molar-refractivity contribution in [3.8, 4) is 108 Å². The van der Waals surface area contributed by atoms with Crippen LogP contribution >= 0.6 is 22.7 Å². The van der Waals surface area contributed by atoms with E-state index in [1.165, 1.54) is 107 Å². The Labute approximate surface area is 839 Å². The minimum atomic E-state index is -0.163. The van der Waals surface area contributed by atoms with Gasteiger partial charge in [0, 0.05) is 110 Å². The number of allylic oxidation sites excluding steroid dienone is 2. The Bertz CT molecular complexity index is 7470.